The lowest BCUT2D eigenvalue weighted by atomic mass is 9.50. The maximum atomic E-state index is 6.67. The molecule has 4 aliphatic rings. The van der Waals surface area contributed by atoms with Crippen LogP contribution in [0.2, 0.25) is 0 Å². The zero-order valence-electron chi connectivity index (χ0n) is 12.1. The third-order valence-corrected chi connectivity index (χ3v) is 6.19. The molecule has 2 atom stereocenters. The number of hydrogen-bond acceptors (Lipinski definition) is 2. The fourth-order valence-electron chi connectivity index (χ4n) is 5.53. The minimum Gasteiger partial charge on any atom is -0.379 e. The number of aryl methyl sites for hydroxylation is 1. The first-order valence-corrected chi connectivity index (χ1v) is 8.58. The summed E-state index contributed by atoms with van der Waals surface area (Å²) in [5.74, 6) is 1.70. The van der Waals surface area contributed by atoms with E-state index < -0.39 is 0 Å². The second kappa shape index (κ2) is 4.23. The van der Waals surface area contributed by atoms with Crippen LogP contribution in [-0.4, -0.2) is 11.1 Å². The van der Waals surface area contributed by atoms with Crippen LogP contribution in [0.25, 0.3) is 0 Å². The Morgan fingerprint density at radius 2 is 1.90 bits per heavy atom. The van der Waals surface area contributed by atoms with Gasteiger partial charge in [-0.2, -0.15) is 0 Å². The van der Waals surface area contributed by atoms with Gasteiger partial charge < -0.3 is 11.1 Å². The zero-order valence-corrected chi connectivity index (χ0v) is 13.7. The van der Waals surface area contributed by atoms with E-state index >= 15 is 0 Å². The summed E-state index contributed by atoms with van der Waals surface area (Å²) in [6, 6.07) is 6.54. The van der Waals surface area contributed by atoms with Crippen LogP contribution in [0.4, 0.5) is 5.69 Å². The van der Waals surface area contributed by atoms with Crippen LogP contribution in [-0.2, 0) is 0 Å². The second-order valence-corrected chi connectivity index (χ2v) is 8.60. The van der Waals surface area contributed by atoms with Gasteiger partial charge in [0, 0.05) is 21.2 Å². The highest BCUT2D eigenvalue weighted by Gasteiger charge is 2.56. The predicted octanol–water partition coefficient (Wildman–Crippen LogP) is 4.22. The molecule has 4 fully saturated rings. The third kappa shape index (κ3) is 2.10. The van der Waals surface area contributed by atoms with Gasteiger partial charge in [0.25, 0.3) is 0 Å². The SMILES string of the molecule is Cc1cc(Br)ccc1NC12CC3CC(CC(N)(C3)C1)C2. The van der Waals surface area contributed by atoms with Crippen LogP contribution in [0, 0.1) is 18.8 Å². The van der Waals surface area contributed by atoms with Crippen LogP contribution < -0.4 is 11.1 Å². The van der Waals surface area contributed by atoms with Gasteiger partial charge in [-0.25, -0.2) is 0 Å². The Hall–Kier alpha value is -0.540. The van der Waals surface area contributed by atoms with Crippen molar-refractivity contribution in [1.29, 1.82) is 0 Å². The van der Waals surface area contributed by atoms with Crippen LogP contribution >= 0.6 is 15.9 Å². The van der Waals surface area contributed by atoms with Gasteiger partial charge in [-0.3, -0.25) is 0 Å². The number of nitrogens with one attached hydrogen (secondary N) is 1. The largest absolute Gasteiger partial charge is 0.379 e. The van der Waals surface area contributed by atoms with Crippen LogP contribution in [0.1, 0.15) is 44.1 Å². The highest BCUT2D eigenvalue weighted by atomic mass is 79.9. The molecule has 0 aliphatic heterocycles. The third-order valence-electron chi connectivity index (χ3n) is 5.69. The van der Waals surface area contributed by atoms with Crippen molar-refractivity contribution in [3.05, 3.63) is 28.2 Å². The normalized spacial score (nSPS) is 42.0. The standard InChI is InChI=1S/C17H23BrN2/c1-11-4-14(18)2-3-15(11)20-17-8-12-5-13(9-17)7-16(19,6-12)10-17/h2-4,12-13,20H,5-10,19H2,1H3. The maximum Gasteiger partial charge on any atom is 0.0396 e. The van der Waals surface area contributed by atoms with Gasteiger partial charge in [0.05, 0.1) is 0 Å². The smallest absolute Gasteiger partial charge is 0.0396 e. The number of rotatable bonds is 2. The van der Waals surface area contributed by atoms with Crippen LogP contribution in [0.5, 0.6) is 0 Å². The molecule has 2 nitrogen and oxygen atoms in total. The molecule has 3 heteroatoms. The van der Waals surface area contributed by atoms with E-state index in [9.17, 15) is 0 Å². The summed E-state index contributed by atoms with van der Waals surface area (Å²) in [6.45, 7) is 2.19. The number of halogens is 1. The average molecular weight is 335 g/mol. The Bertz CT molecular complexity index is 540. The molecule has 20 heavy (non-hydrogen) atoms. The Balaban J connectivity index is 1.65. The topological polar surface area (TPSA) is 38.0 Å². The van der Waals surface area contributed by atoms with E-state index in [1.165, 1.54) is 43.4 Å². The summed E-state index contributed by atoms with van der Waals surface area (Å²) in [4.78, 5) is 0. The minimum atomic E-state index is 0.111. The summed E-state index contributed by atoms with van der Waals surface area (Å²) in [7, 11) is 0. The van der Waals surface area contributed by atoms with Crippen molar-refractivity contribution in [3.8, 4) is 0 Å². The quantitative estimate of drug-likeness (QED) is 0.849. The van der Waals surface area contributed by atoms with Crippen LogP contribution in [0.15, 0.2) is 22.7 Å². The first-order valence-electron chi connectivity index (χ1n) is 7.79. The average Bonchev–Trinajstić information content (AvgIpc) is 2.29. The van der Waals surface area contributed by atoms with Crippen molar-refractivity contribution in [2.45, 2.75) is 56.5 Å². The van der Waals surface area contributed by atoms with Gasteiger partial charge in [-0.05, 0) is 81.0 Å². The Morgan fingerprint density at radius 1 is 1.20 bits per heavy atom. The summed E-state index contributed by atoms with van der Waals surface area (Å²) in [5, 5.41) is 3.91. The minimum absolute atomic E-state index is 0.111. The number of nitrogens with two attached hydrogens (primary N) is 1. The Kier molecular flexibility index (Phi) is 2.78. The molecule has 4 aliphatic carbocycles. The van der Waals surface area contributed by atoms with Crippen molar-refractivity contribution in [3.63, 3.8) is 0 Å². The predicted molar refractivity (Wildman–Crippen MR) is 86.8 cm³/mol. The summed E-state index contributed by atoms with van der Waals surface area (Å²) in [5.41, 5.74) is 9.66. The van der Waals surface area contributed by atoms with E-state index in [-0.39, 0.29) is 11.1 Å². The lowest BCUT2D eigenvalue weighted by Crippen LogP contribution is -2.65. The van der Waals surface area contributed by atoms with Gasteiger partial charge in [0.15, 0.2) is 0 Å². The molecule has 4 saturated carbocycles. The van der Waals surface area contributed by atoms with E-state index in [2.05, 4.69) is 46.4 Å². The first kappa shape index (κ1) is 13.1. The van der Waals surface area contributed by atoms with Gasteiger partial charge in [-0.15, -0.1) is 0 Å². The molecule has 0 amide bonds. The van der Waals surface area contributed by atoms with Gasteiger partial charge in [-0.1, -0.05) is 15.9 Å². The van der Waals surface area contributed by atoms with Gasteiger partial charge in [0.2, 0.25) is 0 Å². The molecule has 1 aromatic carbocycles. The highest BCUT2D eigenvalue weighted by molar-refractivity contribution is 9.10. The van der Waals surface area contributed by atoms with Crippen molar-refractivity contribution in [2.75, 3.05) is 5.32 Å². The van der Waals surface area contributed by atoms with Crippen LogP contribution in [0.3, 0.4) is 0 Å². The van der Waals surface area contributed by atoms with E-state index in [0.29, 0.717) is 0 Å². The number of benzene rings is 1. The lowest BCUT2D eigenvalue weighted by Gasteiger charge is -2.61. The molecule has 5 rings (SSSR count). The molecular formula is C17H23BrN2. The Morgan fingerprint density at radius 3 is 2.50 bits per heavy atom. The summed E-state index contributed by atoms with van der Waals surface area (Å²) >= 11 is 3.55. The molecule has 0 radical (unpaired) electrons. The molecule has 0 heterocycles. The van der Waals surface area contributed by atoms with Gasteiger partial charge >= 0.3 is 0 Å². The van der Waals surface area contributed by atoms with Gasteiger partial charge in [0.1, 0.15) is 0 Å². The molecule has 0 saturated heterocycles. The Labute approximate surface area is 129 Å². The monoisotopic (exact) mass is 334 g/mol. The molecule has 3 N–H and O–H groups in total. The van der Waals surface area contributed by atoms with E-state index in [0.717, 1.165) is 22.7 Å². The zero-order chi connectivity index (χ0) is 14.0. The number of anilines is 1. The molecular weight excluding hydrogens is 312 g/mol. The van der Waals surface area contributed by atoms with Crippen molar-refractivity contribution < 1.29 is 0 Å². The van der Waals surface area contributed by atoms with Crippen molar-refractivity contribution in [2.24, 2.45) is 17.6 Å². The fourth-order valence-corrected chi connectivity index (χ4v) is 6.01. The molecule has 1 aromatic rings. The first-order chi connectivity index (χ1) is 9.45. The van der Waals surface area contributed by atoms with E-state index in [1.807, 2.05) is 0 Å². The molecule has 2 unspecified atom stereocenters. The van der Waals surface area contributed by atoms with E-state index in [1.54, 1.807) is 0 Å². The summed E-state index contributed by atoms with van der Waals surface area (Å²) in [6.07, 6.45) is 7.72. The summed E-state index contributed by atoms with van der Waals surface area (Å²) < 4.78 is 1.15. The van der Waals surface area contributed by atoms with E-state index in [4.69, 9.17) is 5.73 Å². The fraction of sp³-hybridized carbons (Fsp3) is 0.647. The molecule has 0 aromatic heterocycles. The second-order valence-electron chi connectivity index (χ2n) is 7.69. The maximum absolute atomic E-state index is 6.67. The molecule has 108 valence electrons. The number of hydrogen-bond donors (Lipinski definition) is 2. The van der Waals surface area contributed by atoms with Crippen molar-refractivity contribution >= 4 is 21.6 Å². The highest BCUT2D eigenvalue weighted by Crippen LogP contribution is 2.57. The molecule has 4 bridgehead atoms. The van der Waals surface area contributed by atoms with Crippen molar-refractivity contribution in [1.82, 2.24) is 0 Å². The molecule has 0 spiro atoms. The lowest BCUT2D eigenvalue weighted by molar-refractivity contribution is -0.00778.